The first-order chi connectivity index (χ1) is 10.6. The van der Waals surface area contributed by atoms with Crippen LogP contribution in [0.15, 0.2) is 39.5 Å². The summed E-state index contributed by atoms with van der Waals surface area (Å²) in [5, 5.41) is 0.738. The number of benzene rings is 1. The van der Waals surface area contributed by atoms with Crippen LogP contribution < -0.4 is 5.63 Å². The molecule has 116 valence electrons. The molecule has 0 aliphatic heterocycles. The fraction of sp³-hybridized carbons (Fsp3) is 0.312. The van der Waals surface area contributed by atoms with Crippen LogP contribution in [0.2, 0.25) is 0 Å². The third-order valence-electron chi connectivity index (χ3n) is 3.29. The fourth-order valence-electron chi connectivity index (χ4n) is 2.03. The molecule has 0 aliphatic carbocycles. The minimum atomic E-state index is -0.599. The van der Waals surface area contributed by atoms with Crippen molar-refractivity contribution in [2.24, 2.45) is 0 Å². The van der Waals surface area contributed by atoms with Crippen LogP contribution in [0.4, 0.5) is 0 Å². The van der Waals surface area contributed by atoms with Gasteiger partial charge in [0.1, 0.15) is 15.5 Å². The molecular weight excluding hydrogens is 318 g/mol. The van der Waals surface area contributed by atoms with E-state index in [0.29, 0.717) is 9.90 Å². The summed E-state index contributed by atoms with van der Waals surface area (Å²) in [5.41, 5.74) is -0.0398. The van der Waals surface area contributed by atoms with Gasteiger partial charge in [0.05, 0.1) is 5.75 Å². The van der Waals surface area contributed by atoms with E-state index < -0.39 is 5.63 Å². The molecule has 2 aromatic rings. The maximum atomic E-state index is 12.3. The molecule has 0 fully saturated rings. The summed E-state index contributed by atoms with van der Waals surface area (Å²) < 4.78 is 5.85. The van der Waals surface area contributed by atoms with Gasteiger partial charge in [-0.05, 0) is 26.0 Å². The zero-order chi connectivity index (χ0) is 16.1. The van der Waals surface area contributed by atoms with Crippen LogP contribution in [0.25, 0.3) is 11.0 Å². The maximum Gasteiger partial charge on any atom is 0.347 e. The number of rotatable bonds is 5. The van der Waals surface area contributed by atoms with Crippen molar-refractivity contribution >= 4 is 45.1 Å². The Labute approximate surface area is 138 Å². The van der Waals surface area contributed by atoms with Crippen LogP contribution in [-0.2, 0) is 0 Å². The Morgan fingerprint density at radius 1 is 1.27 bits per heavy atom. The predicted molar refractivity (Wildman–Crippen MR) is 94.8 cm³/mol. The van der Waals surface area contributed by atoms with Crippen LogP contribution in [0, 0.1) is 0 Å². The molecule has 22 heavy (non-hydrogen) atoms. The largest absolute Gasteiger partial charge is 0.422 e. The van der Waals surface area contributed by atoms with Gasteiger partial charge in [-0.1, -0.05) is 42.2 Å². The lowest BCUT2D eigenvalue weighted by Crippen LogP contribution is -2.27. The number of thiocarbonyl (C=S) groups is 1. The van der Waals surface area contributed by atoms with Crippen molar-refractivity contribution in [1.82, 2.24) is 4.90 Å². The zero-order valence-corrected chi connectivity index (χ0v) is 14.1. The predicted octanol–water partition coefficient (Wildman–Crippen LogP) is 3.34. The Bertz CT molecular complexity index is 750. The molecule has 0 bridgehead atoms. The lowest BCUT2D eigenvalue weighted by molar-refractivity contribution is 0.101. The number of para-hydroxylation sites is 1. The van der Waals surface area contributed by atoms with Crippen molar-refractivity contribution in [2.45, 2.75) is 13.8 Å². The van der Waals surface area contributed by atoms with E-state index in [1.807, 2.05) is 30.9 Å². The highest BCUT2D eigenvalue weighted by atomic mass is 32.2. The molecule has 0 spiro atoms. The second-order valence-corrected chi connectivity index (χ2v) is 6.24. The highest BCUT2D eigenvalue weighted by Gasteiger charge is 2.16. The van der Waals surface area contributed by atoms with Crippen molar-refractivity contribution in [1.29, 1.82) is 0 Å². The van der Waals surface area contributed by atoms with E-state index in [9.17, 15) is 9.59 Å². The van der Waals surface area contributed by atoms with Crippen LogP contribution in [-0.4, -0.2) is 33.8 Å². The van der Waals surface area contributed by atoms with Gasteiger partial charge in [0.2, 0.25) is 0 Å². The summed E-state index contributed by atoms with van der Waals surface area (Å²) in [7, 11) is 0. The molecule has 0 N–H and O–H groups in total. The zero-order valence-electron chi connectivity index (χ0n) is 12.5. The first-order valence-corrected chi connectivity index (χ1v) is 8.44. The molecule has 4 nitrogen and oxygen atoms in total. The summed E-state index contributed by atoms with van der Waals surface area (Å²) in [6, 6.07) is 8.72. The summed E-state index contributed by atoms with van der Waals surface area (Å²) in [6.07, 6.45) is 0. The molecule has 0 saturated heterocycles. The summed E-state index contributed by atoms with van der Waals surface area (Å²) in [5.74, 6) is -0.127. The van der Waals surface area contributed by atoms with Crippen LogP contribution in [0.5, 0.6) is 0 Å². The molecule has 0 radical (unpaired) electrons. The van der Waals surface area contributed by atoms with Gasteiger partial charge in [-0.25, -0.2) is 4.79 Å². The Hall–Kier alpha value is -1.66. The lowest BCUT2D eigenvalue weighted by atomic mass is 10.1. The van der Waals surface area contributed by atoms with Gasteiger partial charge in [0.15, 0.2) is 5.78 Å². The number of thioether (sulfide) groups is 1. The minimum Gasteiger partial charge on any atom is -0.422 e. The van der Waals surface area contributed by atoms with Crippen LogP contribution >= 0.6 is 24.0 Å². The Morgan fingerprint density at radius 3 is 2.64 bits per heavy atom. The average molecular weight is 335 g/mol. The summed E-state index contributed by atoms with van der Waals surface area (Å²) in [6.45, 7) is 5.62. The molecule has 0 aliphatic rings. The monoisotopic (exact) mass is 335 g/mol. The molecular formula is C16H17NO3S2. The standard InChI is InChI=1S/C16H17NO3S2/c1-3-17(4-2)16(21)22-10-13(18)12-9-11-7-5-6-8-14(11)20-15(12)19/h5-9H,3-4,10H2,1-2H3. The lowest BCUT2D eigenvalue weighted by Gasteiger charge is -2.20. The number of fused-ring (bicyclic) bond motifs is 1. The quantitative estimate of drug-likeness (QED) is 0.474. The summed E-state index contributed by atoms with van der Waals surface area (Å²) >= 11 is 6.57. The molecule has 1 aromatic heterocycles. The molecule has 0 atom stereocenters. The first-order valence-electron chi connectivity index (χ1n) is 7.04. The fourth-order valence-corrected chi connectivity index (χ4v) is 3.32. The Kier molecular flexibility index (Phi) is 5.74. The molecule has 0 saturated carbocycles. The van der Waals surface area contributed by atoms with Crippen molar-refractivity contribution in [3.63, 3.8) is 0 Å². The van der Waals surface area contributed by atoms with Crippen LogP contribution in [0.1, 0.15) is 24.2 Å². The normalized spacial score (nSPS) is 10.6. The smallest absolute Gasteiger partial charge is 0.347 e. The minimum absolute atomic E-state index is 0.0774. The third kappa shape index (κ3) is 3.75. The highest BCUT2D eigenvalue weighted by molar-refractivity contribution is 8.23. The Morgan fingerprint density at radius 2 is 1.95 bits per heavy atom. The van der Waals surface area contributed by atoms with Crippen LogP contribution in [0.3, 0.4) is 0 Å². The third-order valence-corrected chi connectivity index (χ3v) is 4.81. The second kappa shape index (κ2) is 7.56. The van der Waals surface area contributed by atoms with E-state index >= 15 is 0 Å². The van der Waals surface area contributed by atoms with E-state index in [-0.39, 0.29) is 17.1 Å². The molecule has 2 rings (SSSR count). The second-order valence-electron chi connectivity index (χ2n) is 4.64. The van der Waals surface area contributed by atoms with Crippen molar-refractivity contribution in [2.75, 3.05) is 18.8 Å². The maximum absolute atomic E-state index is 12.3. The van der Waals surface area contributed by atoms with Gasteiger partial charge in [-0.15, -0.1) is 0 Å². The van der Waals surface area contributed by atoms with E-state index in [1.54, 1.807) is 18.2 Å². The average Bonchev–Trinajstić information content (AvgIpc) is 2.53. The Balaban J connectivity index is 2.15. The van der Waals surface area contributed by atoms with Gasteiger partial charge in [0, 0.05) is 18.5 Å². The molecule has 6 heteroatoms. The molecule has 0 amide bonds. The number of carbonyl (C=O) groups excluding carboxylic acids is 1. The van der Waals surface area contributed by atoms with Crippen molar-refractivity contribution in [3.05, 3.63) is 46.3 Å². The van der Waals surface area contributed by atoms with Gasteiger partial charge >= 0.3 is 5.63 Å². The number of Topliss-reactive ketones (excluding diaryl/α,β-unsaturated/α-hetero) is 1. The van der Waals surface area contributed by atoms with Gasteiger partial charge in [-0.2, -0.15) is 0 Å². The molecule has 1 aromatic carbocycles. The number of hydrogen-bond donors (Lipinski definition) is 0. The molecule has 0 unspecified atom stereocenters. The van der Waals surface area contributed by atoms with E-state index in [2.05, 4.69) is 0 Å². The first kappa shape index (κ1) is 16.7. The van der Waals surface area contributed by atoms with E-state index in [0.717, 1.165) is 18.5 Å². The van der Waals surface area contributed by atoms with Crippen molar-refractivity contribution < 1.29 is 9.21 Å². The van der Waals surface area contributed by atoms with Gasteiger partial charge in [-0.3, -0.25) is 4.79 Å². The van der Waals surface area contributed by atoms with E-state index in [1.165, 1.54) is 11.8 Å². The molecule has 1 heterocycles. The summed E-state index contributed by atoms with van der Waals surface area (Å²) in [4.78, 5) is 26.2. The highest BCUT2D eigenvalue weighted by Crippen LogP contribution is 2.15. The van der Waals surface area contributed by atoms with Gasteiger partial charge < -0.3 is 9.32 Å². The number of carbonyl (C=O) groups is 1. The number of ketones is 1. The topological polar surface area (TPSA) is 50.5 Å². The number of hydrogen-bond acceptors (Lipinski definition) is 5. The number of nitrogens with zero attached hydrogens (tertiary/aromatic N) is 1. The van der Waals surface area contributed by atoms with Gasteiger partial charge in [0.25, 0.3) is 0 Å². The SMILES string of the molecule is CCN(CC)C(=S)SCC(=O)c1cc2ccccc2oc1=O. The van der Waals surface area contributed by atoms with Crippen molar-refractivity contribution in [3.8, 4) is 0 Å². The van der Waals surface area contributed by atoms with E-state index in [4.69, 9.17) is 16.6 Å².